The Labute approximate surface area is 74.7 Å². The van der Waals surface area contributed by atoms with Crippen molar-refractivity contribution >= 4 is 33.9 Å². The lowest BCUT2D eigenvalue weighted by Gasteiger charge is -2.19. The molecule has 0 heterocycles. The van der Waals surface area contributed by atoms with Crippen molar-refractivity contribution < 1.29 is 9.32 Å². The van der Waals surface area contributed by atoms with Crippen LogP contribution in [0.5, 0.6) is 0 Å². The zero-order chi connectivity index (χ0) is 8.20. The minimum absolute atomic E-state index is 0. The van der Waals surface area contributed by atoms with Crippen LogP contribution in [0.4, 0.5) is 0 Å². The molecule has 0 aliphatic rings. The fourth-order valence-corrected chi connectivity index (χ4v) is 0.852. The fourth-order valence-electron chi connectivity index (χ4n) is 0.435. The van der Waals surface area contributed by atoms with Gasteiger partial charge in [0.2, 0.25) is 0 Å². The molecule has 0 spiro atoms. The molecule has 0 aromatic carbocycles. The second kappa shape index (κ2) is 6.26. The van der Waals surface area contributed by atoms with E-state index in [-0.39, 0.29) is 17.0 Å². The van der Waals surface area contributed by atoms with Crippen LogP contribution in [-0.4, -0.2) is 10.9 Å². The van der Waals surface area contributed by atoms with Crippen molar-refractivity contribution in [2.75, 3.05) is 0 Å². The molecule has 3 atom stereocenters. The average Bonchev–Trinajstić information content (AvgIpc) is 1.87. The van der Waals surface area contributed by atoms with Crippen LogP contribution in [0.2, 0.25) is 0 Å². The second-order valence-corrected chi connectivity index (χ2v) is 5.46. The summed E-state index contributed by atoms with van der Waals surface area (Å²) in [4.78, 5) is 10.6. The van der Waals surface area contributed by atoms with Gasteiger partial charge in [0.05, 0.1) is 15.9 Å². The minimum atomic E-state index is -0.197. The molecule has 0 saturated carbocycles. The number of hydrogen-bond acceptors (Lipinski definition) is 3. The Hall–Kier alpha value is 0.720. The highest BCUT2D eigenvalue weighted by Gasteiger charge is 2.20. The second-order valence-electron chi connectivity index (χ2n) is 2.25. The number of carbonyl (C=O) groups excluding carboxylic acids is 1. The third-order valence-electron chi connectivity index (χ3n) is 1.26. The Morgan fingerprint density at radius 3 is 2.27 bits per heavy atom. The lowest BCUT2D eigenvalue weighted by molar-refractivity contribution is -0.133. The standard InChI is InChI=1S/C5H13O2P3.H3N/c1-2-5(8,9)3-4(6)7-10;/h2-3,8-10H2,1H3;1H3. The largest absolute Gasteiger partial charge is 0.451 e. The first-order chi connectivity index (χ1) is 4.52. The first-order valence-electron chi connectivity index (χ1n) is 2.99. The molecule has 0 saturated heterocycles. The molecule has 0 radical (unpaired) electrons. The van der Waals surface area contributed by atoms with Crippen LogP contribution in [-0.2, 0) is 9.32 Å². The van der Waals surface area contributed by atoms with E-state index >= 15 is 0 Å². The molecule has 0 rings (SSSR count). The summed E-state index contributed by atoms with van der Waals surface area (Å²) >= 11 is 0. The van der Waals surface area contributed by atoms with Gasteiger partial charge in [-0.3, -0.25) is 4.79 Å². The lowest BCUT2D eigenvalue weighted by Crippen LogP contribution is -2.15. The van der Waals surface area contributed by atoms with Crippen molar-refractivity contribution in [2.45, 2.75) is 24.7 Å². The SMILES string of the molecule is CCC(P)(P)CC(=O)OP.N. The molecular weight excluding hydrogens is 199 g/mol. The van der Waals surface area contributed by atoms with Crippen LogP contribution < -0.4 is 6.15 Å². The summed E-state index contributed by atoms with van der Waals surface area (Å²) in [5.41, 5.74) is 0. The highest BCUT2D eigenvalue weighted by molar-refractivity contribution is 7.40. The number of rotatable bonds is 3. The molecule has 0 fully saturated rings. The van der Waals surface area contributed by atoms with Crippen LogP contribution in [0.1, 0.15) is 19.8 Å². The molecule has 68 valence electrons. The van der Waals surface area contributed by atoms with Gasteiger partial charge in [0, 0.05) is 4.90 Å². The zero-order valence-electron chi connectivity index (χ0n) is 6.67. The molecule has 6 heteroatoms. The predicted molar refractivity (Wildman–Crippen MR) is 57.9 cm³/mol. The van der Waals surface area contributed by atoms with Gasteiger partial charge in [0.25, 0.3) is 0 Å². The minimum Gasteiger partial charge on any atom is -0.451 e. The van der Waals surface area contributed by atoms with Crippen molar-refractivity contribution in [3.63, 3.8) is 0 Å². The van der Waals surface area contributed by atoms with Gasteiger partial charge in [-0.1, -0.05) is 6.92 Å². The molecule has 0 aromatic rings. The monoisotopic (exact) mass is 215 g/mol. The quantitative estimate of drug-likeness (QED) is 0.729. The molecule has 3 N–H and O–H groups in total. The van der Waals surface area contributed by atoms with E-state index in [2.05, 4.69) is 23.0 Å². The van der Waals surface area contributed by atoms with Crippen LogP contribution in [0.15, 0.2) is 0 Å². The lowest BCUT2D eigenvalue weighted by atomic mass is 10.2. The van der Waals surface area contributed by atoms with Crippen molar-refractivity contribution in [3.8, 4) is 0 Å². The summed E-state index contributed by atoms with van der Waals surface area (Å²) in [6.07, 6.45) is 1.34. The highest BCUT2D eigenvalue weighted by Crippen LogP contribution is 2.34. The van der Waals surface area contributed by atoms with Crippen molar-refractivity contribution in [2.24, 2.45) is 0 Å². The van der Waals surface area contributed by atoms with Gasteiger partial charge in [-0.2, -0.15) is 0 Å². The fraction of sp³-hybridized carbons (Fsp3) is 0.800. The van der Waals surface area contributed by atoms with E-state index in [1.54, 1.807) is 0 Å². The Morgan fingerprint density at radius 2 is 2.00 bits per heavy atom. The van der Waals surface area contributed by atoms with E-state index in [1.165, 1.54) is 0 Å². The van der Waals surface area contributed by atoms with Gasteiger partial charge < -0.3 is 10.7 Å². The number of carbonyl (C=O) groups is 1. The molecule has 0 amide bonds. The first-order valence-corrected chi connectivity index (χ1v) is 4.62. The van der Waals surface area contributed by atoms with Gasteiger partial charge in [-0.15, -0.1) is 18.5 Å². The molecule has 0 aliphatic heterocycles. The van der Waals surface area contributed by atoms with E-state index < -0.39 is 0 Å². The van der Waals surface area contributed by atoms with Crippen molar-refractivity contribution in [3.05, 3.63) is 0 Å². The van der Waals surface area contributed by atoms with Crippen LogP contribution in [0, 0.1) is 0 Å². The first kappa shape index (κ1) is 14.3. The van der Waals surface area contributed by atoms with Crippen molar-refractivity contribution in [1.82, 2.24) is 6.15 Å². The summed E-state index contributed by atoms with van der Waals surface area (Å²) in [6, 6.07) is 0. The van der Waals surface area contributed by atoms with Gasteiger partial charge in [-0.05, 0) is 6.42 Å². The smallest absolute Gasteiger partial charge is 0.309 e. The zero-order valence-corrected chi connectivity index (χ0v) is 10.1. The Bertz CT molecular complexity index is 129. The van der Waals surface area contributed by atoms with E-state index in [9.17, 15) is 4.79 Å². The molecule has 0 aliphatic carbocycles. The maximum atomic E-state index is 10.7. The molecule has 3 unspecified atom stereocenters. The maximum absolute atomic E-state index is 10.7. The summed E-state index contributed by atoms with van der Waals surface area (Å²) in [5.74, 6) is -0.197. The summed E-state index contributed by atoms with van der Waals surface area (Å²) in [5, 5.41) is 0. The van der Waals surface area contributed by atoms with E-state index in [0.29, 0.717) is 6.42 Å². The Kier molecular flexibility index (Phi) is 8.11. The summed E-state index contributed by atoms with van der Waals surface area (Å²) < 4.78 is 4.44. The van der Waals surface area contributed by atoms with Gasteiger partial charge in [-0.25, -0.2) is 0 Å². The molecular formula is C5H16NO2P3. The van der Waals surface area contributed by atoms with Crippen LogP contribution in [0.3, 0.4) is 0 Å². The molecule has 11 heavy (non-hydrogen) atoms. The molecule has 0 bridgehead atoms. The molecule has 0 aromatic heterocycles. The third kappa shape index (κ3) is 7.09. The van der Waals surface area contributed by atoms with Crippen LogP contribution in [0.25, 0.3) is 0 Å². The predicted octanol–water partition coefficient (Wildman–Crippen LogP) is 1.73. The number of hydrogen-bond donors (Lipinski definition) is 1. The normalized spacial score (nSPS) is 10.2. The Morgan fingerprint density at radius 1 is 1.55 bits per heavy atom. The average molecular weight is 215 g/mol. The van der Waals surface area contributed by atoms with E-state index in [0.717, 1.165) is 6.42 Å². The summed E-state index contributed by atoms with van der Waals surface area (Å²) in [7, 11) is 7.19. The topological polar surface area (TPSA) is 61.3 Å². The van der Waals surface area contributed by atoms with Crippen LogP contribution >= 0.6 is 27.9 Å². The van der Waals surface area contributed by atoms with Crippen molar-refractivity contribution in [1.29, 1.82) is 0 Å². The van der Waals surface area contributed by atoms with Gasteiger partial charge in [0.1, 0.15) is 0 Å². The van der Waals surface area contributed by atoms with E-state index in [1.807, 2.05) is 16.4 Å². The van der Waals surface area contributed by atoms with E-state index in [4.69, 9.17) is 0 Å². The summed E-state index contributed by atoms with van der Waals surface area (Å²) in [6.45, 7) is 2.02. The third-order valence-corrected chi connectivity index (χ3v) is 2.75. The molecule has 3 nitrogen and oxygen atoms in total. The highest BCUT2D eigenvalue weighted by atomic mass is 31.1. The van der Waals surface area contributed by atoms with Gasteiger partial charge in [0.15, 0.2) is 0 Å². The maximum Gasteiger partial charge on any atom is 0.309 e. The Balaban J connectivity index is 0. The van der Waals surface area contributed by atoms with Gasteiger partial charge >= 0.3 is 5.97 Å².